The highest BCUT2D eigenvalue weighted by Crippen LogP contribution is 2.25. The van der Waals surface area contributed by atoms with Gasteiger partial charge in [0.05, 0.1) is 30.5 Å². The number of halogens is 1. The molecule has 2 heterocycles. The Labute approximate surface area is 221 Å². The number of aromatic nitrogens is 1. The number of benzene rings is 1. The third-order valence-electron chi connectivity index (χ3n) is 6.39. The SMILES string of the molecule is Cc1ccc(-c2ccc(OCCCNC(=O)CCN(C)[C@H]3C[C@@H](C)O[C@@H](CI)[C@@H]3O)cc2)c[n+]1O. The summed E-state index contributed by atoms with van der Waals surface area (Å²) in [5, 5.41) is 23.3. The van der Waals surface area contributed by atoms with Crippen LogP contribution in [-0.4, -0.2) is 76.6 Å². The van der Waals surface area contributed by atoms with Crippen LogP contribution in [0.3, 0.4) is 0 Å². The second-order valence-electron chi connectivity index (χ2n) is 9.14. The first-order valence-electron chi connectivity index (χ1n) is 12.1. The van der Waals surface area contributed by atoms with E-state index in [1.807, 2.05) is 57.3 Å². The van der Waals surface area contributed by atoms with Crippen molar-refractivity contribution >= 4 is 28.5 Å². The summed E-state index contributed by atoms with van der Waals surface area (Å²) < 4.78 is 13.5. The van der Waals surface area contributed by atoms with E-state index in [4.69, 9.17) is 9.47 Å². The van der Waals surface area contributed by atoms with Gasteiger partial charge in [-0.1, -0.05) is 34.7 Å². The summed E-state index contributed by atoms with van der Waals surface area (Å²) >= 11 is 2.24. The number of rotatable bonds is 11. The molecule has 3 rings (SSSR count). The smallest absolute Gasteiger partial charge is 0.231 e. The number of nitrogens with one attached hydrogen (secondary N) is 1. The topological polar surface area (TPSA) is 95.1 Å². The first kappa shape index (κ1) is 27.6. The summed E-state index contributed by atoms with van der Waals surface area (Å²) in [6.07, 6.45) is 2.94. The monoisotopic (exact) mass is 598 g/mol. The fourth-order valence-electron chi connectivity index (χ4n) is 4.23. The van der Waals surface area contributed by atoms with Crippen molar-refractivity contribution < 1.29 is 29.3 Å². The van der Waals surface area contributed by atoms with Crippen molar-refractivity contribution in [2.24, 2.45) is 0 Å². The van der Waals surface area contributed by atoms with E-state index in [1.165, 1.54) is 0 Å². The Bertz CT molecular complexity index is 959. The first-order chi connectivity index (χ1) is 16.8. The molecule has 1 amide bonds. The van der Waals surface area contributed by atoms with Gasteiger partial charge in [0, 0.05) is 47.7 Å². The van der Waals surface area contributed by atoms with Crippen LogP contribution >= 0.6 is 22.6 Å². The molecule has 1 fully saturated rings. The van der Waals surface area contributed by atoms with Crippen molar-refractivity contribution in [2.45, 2.75) is 57.5 Å². The van der Waals surface area contributed by atoms with Gasteiger partial charge < -0.3 is 24.8 Å². The summed E-state index contributed by atoms with van der Waals surface area (Å²) in [6, 6.07) is 11.5. The average molecular weight is 599 g/mol. The van der Waals surface area contributed by atoms with Gasteiger partial charge in [-0.15, -0.1) is 0 Å². The Morgan fingerprint density at radius 3 is 2.66 bits per heavy atom. The number of hydrogen-bond donors (Lipinski definition) is 3. The minimum Gasteiger partial charge on any atom is -0.494 e. The lowest BCUT2D eigenvalue weighted by atomic mass is 9.95. The highest BCUT2D eigenvalue weighted by atomic mass is 127. The van der Waals surface area contributed by atoms with Gasteiger partial charge in [0.15, 0.2) is 0 Å². The fraction of sp³-hybridized carbons (Fsp3) is 0.538. The van der Waals surface area contributed by atoms with E-state index in [0.29, 0.717) is 32.5 Å². The molecule has 3 N–H and O–H groups in total. The zero-order valence-electron chi connectivity index (χ0n) is 20.7. The normalized spacial score (nSPS) is 22.2. The Kier molecular flexibility index (Phi) is 10.6. The summed E-state index contributed by atoms with van der Waals surface area (Å²) in [6.45, 7) is 5.51. The number of aryl methyl sites for hydroxylation is 1. The van der Waals surface area contributed by atoms with Gasteiger partial charge in [-0.2, -0.15) is 0 Å². The average Bonchev–Trinajstić information content (AvgIpc) is 2.85. The number of aliphatic hydroxyl groups excluding tert-OH is 1. The van der Waals surface area contributed by atoms with Crippen molar-refractivity contribution in [3.8, 4) is 16.9 Å². The predicted molar refractivity (Wildman–Crippen MR) is 142 cm³/mol. The summed E-state index contributed by atoms with van der Waals surface area (Å²) in [5.41, 5.74) is 2.68. The number of aliphatic hydroxyl groups is 1. The van der Waals surface area contributed by atoms with E-state index >= 15 is 0 Å². The van der Waals surface area contributed by atoms with Gasteiger partial charge in [0.1, 0.15) is 5.75 Å². The first-order valence-corrected chi connectivity index (χ1v) is 13.6. The van der Waals surface area contributed by atoms with Crippen LogP contribution in [0.5, 0.6) is 5.75 Å². The quantitative estimate of drug-likeness (QED) is 0.121. The second kappa shape index (κ2) is 13.4. The molecule has 2 aromatic rings. The maximum absolute atomic E-state index is 12.3. The van der Waals surface area contributed by atoms with Crippen LogP contribution in [0.4, 0.5) is 0 Å². The highest BCUT2D eigenvalue weighted by molar-refractivity contribution is 14.1. The molecule has 8 nitrogen and oxygen atoms in total. The molecule has 1 aromatic heterocycles. The maximum Gasteiger partial charge on any atom is 0.231 e. The number of nitrogens with zero attached hydrogens (tertiary/aromatic N) is 2. The Morgan fingerprint density at radius 1 is 1.26 bits per heavy atom. The lowest BCUT2D eigenvalue weighted by Crippen LogP contribution is -2.55. The molecule has 1 saturated heterocycles. The van der Waals surface area contributed by atoms with E-state index in [0.717, 1.165) is 38.1 Å². The molecule has 4 atom stereocenters. The number of carbonyl (C=O) groups is 1. The molecule has 0 radical (unpaired) electrons. The van der Waals surface area contributed by atoms with E-state index < -0.39 is 6.10 Å². The molecular weight excluding hydrogens is 561 g/mol. The lowest BCUT2D eigenvalue weighted by molar-refractivity contribution is -0.908. The molecular formula is C26H37IN3O5+. The lowest BCUT2D eigenvalue weighted by Gasteiger charge is -2.42. The number of alkyl halides is 1. The maximum atomic E-state index is 12.3. The van der Waals surface area contributed by atoms with Crippen LogP contribution in [-0.2, 0) is 9.53 Å². The number of amides is 1. The molecule has 1 aromatic carbocycles. The van der Waals surface area contributed by atoms with Crippen LogP contribution in [0, 0.1) is 6.92 Å². The second-order valence-corrected chi connectivity index (χ2v) is 10.0. The zero-order valence-corrected chi connectivity index (χ0v) is 22.8. The Morgan fingerprint density at radius 2 is 1.97 bits per heavy atom. The largest absolute Gasteiger partial charge is 0.494 e. The van der Waals surface area contributed by atoms with Crippen LogP contribution in [0.1, 0.15) is 31.9 Å². The number of pyridine rings is 1. The van der Waals surface area contributed by atoms with Gasteiger partial charge >= 0.3 is 0 Å². The van der Waals surface area contributed by atoms with E-state index in [-0.39, 0.29) is 24.2 Å². The number of carbonyl (C=O) groups excluding carboxylic acids is 1. The van der Waals surface area contributed by atoms with E-state index in [2.05, 4.69) is 32.8 Å². The third-order valence-corrected chi connectivity index (χ3v) is 7.26. The van der Waals surface area contributed by atoms with E-state index in [1.54, 1.807) is 6.20 Å². The van der Waals surface area contributed by atoms with Crippen LogP contribution in [0.2, 0.25) is 0 Å². The number of ether oxygens (including phenoxy) is 2. The van der Waals surface area contributed by atoms with Crippen LogP contribution in [0.25, 0.3) is 11.1 Å². The van der Waals surface area contributed by atoms with Crippen molar-refractivity contribution in [3.63, 3.8) is 0 Å². The van der Waals surface area contributed by atoms with Gasteiger partial charge in [-0.05, 0) is 50.6 Å². The molecule has 0 unspecified atom stereocenters. The van der Waals surface area contributed by atoms with Crippen molar-refractivity contribution in [1.82, 2.24) is 10.2 Å². The molecule has 192 valence electrons. The van der Waals surface area contributed by atoms with Crippen LogP contribution < -0.4 is 14.8 Å². The van der Waals surface area contributed by atoms with E-state index in [9.17, 15) is 15.1 Å². The highest BCUT2D eigenvalue weighted by Gasteiger charge is 2.37. The van der Waals surface area contributed by atoms with Gasteiger partial charge in [0.25, 0.3) is 0 Å². The van der Waals surface area contributed by atoms with Crippen LogP contribution in [0.15, 0.2) is 42.6 Å². The minimum absolute atomic E-state index is 0.000428. The molecule has 0 bridgehead atoms. The minimum atomic E-state index is -0.537. The number of hydrogen-bond acceptors (Lipinski definition) is 6. The molecule has 0 saturated carbocycles. The fourth-order valence-corrected chi connectivity index (χ4v) is 4.96. The van der Waals surface area contributed by atoms with Crippen molar-refractivity contribution in [1.29, 1.82) is 0 Å². The molecule has 9 heteroatoms. The third kappa shape index (κ3) is 8.03. The predicted octanol–water partition coefficient (Wildman–Crippen LogP) is 2.74. The molecule has 0 spiro atoms. The summed E-state index contributed by atoms with van der Waals surface area (Å²) in [7, 11) is 1.96. The molecule has 35 heavy (non-hydrogen) atoms. The van der Waals surface area contributed by atoms with Gasteiger partial charge in [-0.25, -0.2) is 0 Å². The standard InChI is InChI=1S/C26H36IN3O5/c1-18-5-6-21(17-30(18)33)20-7-9-22(10-8-20)34-14-4-12-28-25(31)11-13-29(3)23-15-19(2)35-24(16-27)26(23)32/h5-10,17,19,23-24,26,32H,4,11-16H2,1-3H3,(H-,28,31,33)/p+1/t19-,23+,24+,26-/m1/s1. The summed E-state index contributed by atoms with van der Waals surface area (Å²) in [5.74, 6) is 0.764. The molecule has 0 aliphatic carbocycles. The Balaban J connectivity index is 1.33. The zero-order chi connectivity index (χ0) is 25.4. The molecule has 1 aliphatic rings. The Hall–Kier alpha value is -1.95. The van der Waals surface area contributed by atoms with Gasteiger partial charge in [0.2, 0.25) is 17.8 Å². The summed E-state index contributed by atoms with van der Waals surface area (Å²) in [4.78, 5) is 14.3. The number of likely N-dealkylation sites (N-methyl/N-ethyl adjacent to an activating group) is 1. The molecule has 1 aliphatic heterocycles. The van der Waals surface area contributed by atoms with Crippen molar-refractivity contribution in [2.75, 3.05) is 31.2 Å². The van der Waals surface area contributed by atoms with Gasteiger partial charge in [-0.3, -0.25) is 10.0 Å². The van der Waals surface area contributed by atoms with Crippen molar-refractivity contribution in [3.05, 3.63) is 48.3 Å².